The van der Waals surface area contributed by atoms with Crippen LogP contribution in [0.4, 0.5) is 5.95 Å². The van der Waals surface area contributed by atoms with Crippen LogP contribution in [-0.4, -0.2) is 48.0 Å². The number of nitrogens with one attached hydrogen (secondary N) is 1. The zero-order chi connectivity index (χ0) is 24.3. The molecule has 8 heteroatoms. The summed E-state index contributed by atoms with van der Waals surface area (Å²) in [6.07, 6.45) is 13.5. The van der Waals surface area contributed by atoms with Crippen LogP contribution < -0.4 is 5.32 Å². The molecule has 1 saturated heterocycles. The Labute approximate surface area is 208 Å². The predicted molar refractivity (Wildman–Crippen MR) is 140 cm³/mol. The number of hydrogen-bond donors (Lipinski definition) is 1. The fraction of sp³-hybridized carbons (Fsp3) is 0.556. The molecule has 0 spiro atoms. The Bertz CT molecular complexity index is 1240. The average Bonchev–Trinajstić information content (AvgIpc) is 3.29. The van der Waals surface area contributed by atoms with E-state index < -0.39 is 9.84 Å². The lowest BCUT2D eigenvalue weighted by Crippen LogP contribution is -2.28. The third-order valence-corrected chi connectivity index (χ3v) is 9.73. The van der Waals surface area contributed by atoms with Gasteiger partial charge in [-0.05, 0) is 49.8 Å². The number of hydrogen-bond acceptors (Lipinski definition) is 6. The Kier molecular flexibility index (Phi) is 7.39. The van der Waals surface area contributed by atoms with Gasteiger partial charge in [0.25, 0.3) is 0 Å². The summed E-state index contributed by atoms with van der Waals surface area (Å²) in [5, 5.41) is 4.01. The second-order valence-electron chi connectivity index (χ2n) is 9.83. The van der Waals surface area contributed by atoms with Crippen molar-refractivity contribution in [3.8, 4) is 11.1 Å². The SMILES string of the molecule is CCCCNc1ncc2c(-c3ccc(S(=O)(=O)C4CCOCC4)cc3)cn(C3CCCCC3)c2n1. The summed E-state index contributed by atoms with van der Waals surface area (Å²) in [6.45, 7) is 4.06. The molecule has 3 heterocycles. The van der Waals surface area contributed by atoms with E-state index in [0.29, 0.717) is 42.9 Å². The minimum Gasteiger partial charge on any atom is -0.381 e. The summed E-state index contributed by atoms with van der Waals surface area (Å²) in [7, 11) is -3.35. The maximum Gasteiger partial charge on any atom is 0.224 e. The molecule has 0 radical (unpaired) electrons. The van der Waals surface area contributed by atoms with Crippen molar-refractivity contribution in [1.82, 2.24) is 14.5 Å². The van der Waals surface area contributed by atoms with Gasteiger partial charge in [-0.3, -0.25) is 0 Å². The first-order valence-electron chi connectivity index (χ1n) is 13.1. The van der Waals surface area contributed by atoms with Gasteiger partial charge in [0, 0.05) is 49.1 Å². The normalized spacial score (nSPS) is 18.2. The molecule has 1 aliphatic heterocycles. The maximum atomic E-state index is 13.1. The van der Waals surface area contributed by atoms with Crippen LogP contribution in [0.15, 0.2) is 41.6 Å². The number of ether oxygens (including phenoxy) is 1. The smallest absolute Gasteiger partial charge is 0.224 e. The minimum atomic E-state index is -3.35. The number of rotatable bonds is 8. The number of benzene rings is 1. The summed E-state index contributed by atoms with van der Waals surface area (Å²) in [4.78, 5) is 9.91. The lowest BCUT2D eigenvalue weighted by Gasteiger charge is -2.23. The lowest BCUT2D eigenvalue weighted by molar-refractivity contribution is 0.0983. The van der Waals surface area contributed by atoms with Crippen LogP contribution in [0.2, 0.25) is 0 Å². The molecule has 0 bridgehead atoms. The molecule has 2 aliphatic rings. The van der Waals surface area contributed by atoms with Crippen LogP contribution in [0.25, 0.3) is 22.2 Å². The molecule has 5 rings (SSSR count). The Hall–Kier alpha value is -2.45. The zero-order valence-electron chi connectivity index (χ0n) is 20.6. The lowest BCUT2D eigenvalue weighted by atomic mass is 9.95. The van der Waals surface area contributed by atoms with Crippen molar-refractivity contribution >= 4 is 26.8 Å². The summed E-state index contributed by atoms with van der Waals surface area (Å²) in [6, 6.07) is 7.81. The third kappa shape index (κ3) is 5.09. The van der Waals surface area contributed by atoms with Gasteiger partial charge in [-0.1, -0.05) is 44.7 Å². The second-order valence-corrected chi connectivity index (χ2v) is 12.1. The van der Waals surface area contributed by atoms with E-state index >= 15 is 0 Å². The fourth-order valence-electron chi connectivity index (χ4n) is 5.36. The quantitative estimate of drug-likeness (QED) is 0.399. The Morgan fingerprint density at radius 1 is 1.06 bits per heavy atom. The van der Waals surface area contributed by atoms with Gasteiger partial charge < -0.3 is 14.6 Å². The summed E-state index contributed by atoms with van der Waals surface area (Å²) in [5.74, 6) is 0.672. The maximum absolute atomic E-state index is 13.1. The van der Waals surface area contributed by atoms with Crippen LogP contribution in [0.1, 0.15) is 70.8 Å². The molecule has 35 heavy (non-hydrogen) atoms. The highest BCUT2D eigenvalue weighted by Gasteiger charge is 2.29. The van der Waals surface area contributed by atoms with E-state index in [1.165, 1.54) is 19.3 Å². The van der Waals surface area contributed by atoms with Crippen molar-refractivity contribution in [2.75, 3.05) is 25.1 Å². The first-order valence-corrected chi connectivity index (χ1v) is 14.7. The molecular weight excluding hydrogens is 460 g/mol. The van der Waals surface area contributed by atoms with E-state index in [1.807, 2.05) is 18.3 Å². The minimum absolute atomic E-state index is 0.359. The molecule has 0 amide bonds. The van der Waals surface area contributed by atoms with Crippen molar-refractivity contribution < 1.29 is 13.2 Å². The first kappa shape index (κ1) is 24.3. The van der Waals surface area contributed by atoms with Gasteiger partial charge >= 0.3 is 0 Å². The first-order chi connectivity index (χ1) is 17.1. The van der Waals surface area contributed by atoms with Crippen LogP contribution >= 0.6 is 0 Å². The monoisotopic (exact) mass is 496 g/mol. The molecule has 0 unspecified atom stereocenters. The van der Waals surface area contributed by atoms with Crippen molar-refractivity contribution in [3.63, 3.8) is 0 Å². The molecular formula is C27H36N4O3S. The van der Waals surface area contributed by atoms with Crippen LogP contribution in [0.5, 0.6) is 0 Å². The Morgan fingerprint density at radius 3 is 2.51 bits per heavy atom. The van der Waals surface area contributed by atoms with Gasteiger partial charge in [0.2, 0.25) is 5.95 Å². The molecule has 1 aromatic carbocycles. The highest BCUT2D eigenvalue weighted by Crippen LogP contribution is 2.37. The standard InChI is InChI=1S/C27H36N4O3S/c1-2-3-15-28-27-29-18-24-25(19-31(26(24)30-27)21-7-5-4-6-8-21)20-9-11-22(12-10-20)35(32,33)23-13-16-34-17-14-23/h9-12,18-19,21,23H,2-8,13-17H2,1H3,(H,28,29,30). The van der Waals surface area contributed by atoms with Crippen molar-refractivity contribution in [2.45, 2.75) is 80.9 Å². The molecule has 7 nitrogen and oxygen atoms in total. The van der Waals surface area contributed by atoms with Gasteiger partial charge in [-0.2, -0.15) is 4.98 Å². The van der Waals surface area contributed by atoms with Crippen LogP contribution in [0, 0.1) is 0 Å². The molecule has 188 valence electrons. The van der Waals surface area contributed by atoms with Gasteiger partial charge in [-0.25, -0.2) is 13.4 Å². The molecule has 1 N–H and O–H groups in total. The molecule has 0 atom stereocenters. The van der Waals surface area contributed by atoms with E-state index in [9.17, 15) is 8.42 Å². The zero-order valence-corrected chi connectivity index (χ0v) is 21.4. The number of unbranched alkanes of at least 4 members (excludes halogenated alkanes) is 1. The largest absolute Gasteiger partial charge is 0.381 e. The van der Waals surface area contributed by atoms with Gasteiger partial charge in [0.1, 0.15) is 5.65 Å². The molecule has 2 fully saturated rings. The summed E-state index contributed by atoms with van der Waals surface area (Å²) >= 11 is 0. The number of anilines is 1. The van der Waals surface area contributed by atoms with Crippen LogP contribution in [-0.2, 0) is 14.6 Å². The predicted octanol–water partition coefficient (Wildman–Crippen LogP) is 5.77. The Morgan fingerprint density at radius 2 is 1.80 bits per heavy atom. The molecule has 3 aromatic rings. The summed E-state index contributed by atoms with van der Waals surface area (Å²) < 4.78 is 33.9. The van der Waals surface area contributed by atoms with Crippen molar-refractivity contribution in [2.24, 2.45) is 0 Å². The average molecular weight is 497 g/mol. The van der Waals surface area contributed by atoms with Crippen LogP contribution in [0.3, 0.4) is 0 Å². The molecule has 2 aromatic heterocycles. The Balaban J connectivity index is 1.49. The van der Waals surface area contributed by atoms with Gasteiger partial charge in [-0.15, -0.1) is 0 Å². The molecule has 1 saturated carbocycles. The van der Waals surface area contributed by atoms with E-state index in [1.54, 1.807) is 12.1 Å². The van der Waals surface area contributed by atoms with Crippen molar-refractivity contribution in [3.05, 3.63) is 36.7 Å². The van der Waals surface area contributed by atoms with E-state index in [2.05, 4.69) is 28.0 Å². The van der Waals surface area contributed by atoms with E-state index in [0.717, 1.165) is 54.4 Å². The number of sulfone groups is 1. The highest BCUT2D eigenvalue weighted by atomic mass is 32.2. The van der Waals surface area contributed by atoms with Crippen molar-refractivity contribution in [1.29, 1.82) is 0 Å². The third-order valence-electron chi connectivity index (χ3n) is 7.45. The number of nitrogens with zero attached hydrogens (tertiary/aromatic N) is 3. The van der Waals surface area contributed by atoms with Gasteiger partial charge in [0.05, 0.1) is 10.1 Å². The fourth-order valence-corrected chi connectivity index (χ4v) is 7.08. The van der Waals surface area contributed by atoms with E-state index in [4.69, 9.17) is 9.72 Å². The van der Waals surface area contributed by atoms with E-state index in [-0.39, 0.29) is 5.25 Å². The molecule has 1 aliphatic carbocycles. The van der Waals surface area contributed by atoms with Gasteiger partial charge in [0.15, 0.2) is 9.84 Å². The highest BCUT2D eigenvalue weighted by molar-refractivity contribution is 7.92. The second kappa shape index (κ2) is 10.7. The number of aromatic nitrogens is 3. The number of fused-ring (bicyclic) bond motifs is 1. The summed E-state index contributed by atoms with van der Waals surface area (Å²) in [5.41, 5.74) is 3.01. The topological polar surface area (TPSA) is 86.1 Å².